The molecule has 0 aliphatic carbocycles. The van der Waals surface area contributed by atoms with Crippen LogP contribution in [0.2, 0.25) is 0 Å². The number of benzene rings is 1. The van der Waals surface area contributed by atoms with Crippen LogP contribution >= 0.6 is 11.3 Å². The molecule has 0 amide bonds. The topological polar surface area (TPSA) is 62.7 Å². The third-order valence-corrected chi connectivity index (χ3v) is 7.41. The van der Waals surface area contributed by atoms with E-state index in [9.17, 15) is 14.3 Å². The highest BCUT2D eigenvalue weighted by atomic mass is 32.1. The number of nitrogens with zero attached hydrogens (tertiary/aromatic N) is 2. The minimum Gasteiger partial charge on any atom is -0.497 e. The number of methoxy groups -OCH3 is 1. The number of carbonyl (C=O) groups is 1. The number of aromatic nitrogens is 1. The SMILES string of the molecule is COc1ccc2ncc(F)c([C@@H](F)CC[C@@H]3CCN(CC#Cc4cccs4)C[C@@H]3CC(=O)O)c2c1. The number of ether oxygens (including phenoxy) is 1. The summed E-state index contributed by atoms with van der Waals surface area (Å²) >= 11 is 1.59. The molecule has 35 heavy (non-hydrogen) atoms. The molecule has 5 nitrogen and oxygen atoms in total. The van der Waals surface area contributed by atoms with Gasteiger partial charge in [0.15, 0.2) is 0 Å². The monoisotopic (exact) mass is 498 g/mol. The maximum atomic E-state index is 15.4. The van der Waals surface area contributed by atoms with E-state index in [0.717, 1.165) is 24.0 Å². The first-order chi connectivity index (χ1) is 16.9. The fraction of sp³-hybridized carbons (Fsp3) is 0.407. The number of carboxylic acids is 1. The molecule has 0 saturated carbocycles. The molecule has 3 heterocycles. The average Bonchev–Trinajstić information content (AvgIpc) is 3.36. The van der Waals surface area contributed by atoms with Crippen molar-refractivity contribution in [3.8, 4) is 17.6 Å². The van der Waals surface area contributed by atoms with E-state index in [2.05, 4.69) is 21.7 Å². The van der Waals surface area contributed by atoms with Crippen molar-refractivity contribution in [1.29, 1.82) is 0 Å². The lowest BCUT2D eigenvalue weighted by atomic mass is 9.79. The van der Waals surface area contributed by atoms with Crippen molar-refractivity contribution in [2.45, 2.75) is 31.9 Å². The van der Waals surface area contributed by atoms with Crippen molar-refractivity contribution < 1.29 is 23.4 Å². The van der Waals surface area contributed by atoms with E-state index >= 15 is 4.39 Å². The minimum atomic E-state index is -1.52. The molecule has 1 N–H and O–H groups in total. The lowest BCUT2D eigenvalue weighted by molar-refractivity contribution is -0.139. The standard InChI is InChI=1S/C27H28F2N2O3S/c1-34-20-7-9-25-22(15-20)27(24(29)16-30-25)23(28)8-6-18-10-12-31(17-19(18)14-26(32)33)11-2-4-21-5-3-13-35-21/h3,5,7,9,13,15-16,18-19,23H,6,8,10-12,14,17H2,1H3,(H,32,33)/t18-,19+,23+/m1/s1. The lowest BCUT2D eigenvalue weighted by Crippen LogP contribution is -2.41. The first-order valence-electron chi connectivity index (χ1n) is 11.7. The predicted molar refractivity (Wildman–Crippen MR) is 133 cm³/mol. The zero-order valence-electron chi connectivity index (χ0n) is 19.5. The molecule has 3 aromatic rings. The van der Waals surface area contributed by atoms with Gasteiger partial charge in [0.25, 0.3) is 0 Å². The lowest BCUT2D eigenvalue weighted by Gasteiger charge is -2.37. The van der Waals surface area contributed by atoms with Gasteiger partial charge in [0.2, 0.25) is 0 Å². The van der Waals surface area contributed by atoms with E-state index in [1.165, 1.54) is 7.11 Å². The number of carboxylic acid groups (broad SMARTS) is 1. The second kappa shape index (κ2) is 11.6. The molecule has 1 saturated heterocycles. The third-order valence-electron chi connectivity index (χ3n) is 6.62. The van der Waals surface area contributed by atoms with Crippen LogP contribution in [-0.2, 0) is 4.79 Å². The second-order valence-corrected chi connectivity index (χ2v) is 9.82. The molecular weight excluding hydrogens is 470 g/mol. The van der Waals surface area contributed by atoms with E-state index < -0.39 is 18.0 Å². The van der Waals surface area contributed by atoms with Crippen molar-refractivity contribution in [3.05, 3.63) is 58.2 Å². The molecule has 0 unspecified atom stereocenters. The molecule has 1 aromatic carbocycles. The predicted octanol–water partition coefficient (Wildman–Crippen LogP) is 5.70. The molecule has 2 aromatic heterocycles. The average molecular weight is 499 g/mol. The highest BCUT2D eigenvalue weighted by molar-refractivity contribution is 7.10. The van der Waals surface area contributed by atoms with Crippen LogP contribution in [0.15, 0.2) is 41.9 Å². The fourth-order valence-corrected chi connectivity index (χ4v) is 5.43. The van der Waals surface area contributed by atoms with Crippen LogP contribution in [0.4, 0.5) is 8.78 Å². The molecule has 1 aliphatic rings. The Bertz CT molecular complexity index is 1220. The van der Waals surface area contributed by atoms with Crippen LogP contribution in [0.3, 0.4) is 0 Å². The Labute approximate surface area is 207 Å². The highest BCUT2D eigenvalue weighted by Crippen LogP contribution is 2.37. The first-order valence-corrected chi connectivity index (χ1v) is 12.5. The Hall–Kier alpha value is -3.02. The molecule has 184 valence electrons. The van der Waals surface area contributed by atoms with Crippen LogP contribution in [0.25, 0.3) is 10.9 Å². The van der Waals surface area contributed by atoms with E-state index in [4.69, 9.17) is 4.74 Å². The van der Waals surface area contributed by atoms with E-state index in [1.807, 2.05) is 17.5 Å². The summed E-state index contributed by atoms with van der Waals surface area (Å²) in [5, 5.41) is 11.8. The van der Waals surface area contributed by atoms with Gasteiger partial charge in [-0.2, -0.15) is 0 Å². The van der Waals surface area contributed by atoms with Crippen molar-refractivity contribution >= 4 is 28.2 Å². The zero-order valence-corrected chi connectivity index (χ0v) is 20.4. The Balaban J connectivity index is 1.42. The molecule has 4 rings (SSSR count). The summed E-state index contributed by atoms with van der Waals surface area (Å²) in [7, 11) is 1.50. The largest absolute Gasteiger partial charge is 0.497 e. The van der Waals surface area contributed by atoms with Crippen LogP contribution in [-0.4, -0.2) is 47.7 Å². The quantitative estimate of drug-likeness (QED) is 0.404. The van der Waals surface area contributed by atoms with Crippen molar-refractivity contribution in [1.82, 2.24) is 9.88 Å². The Morgan fingerprint density at radius 1 is 1.37 bits per heavy atom. The van der Waals surface area contributed by atoms with E-state index in [-0.39, 0.29) is 30.2 Å². The van der Waals surface area contributed by atoms with Gasteiger partial charge < -0.3 is 9.84 Å². The van der Waals surface area contributed by atoms with Gasteiger partial charge in [0, 0.05) is 23.9 Å². The van der Waals surface area contributed by atoms with E-state index in [0.29, 0.717) is 36.2 Å². The summed E-state index contributed by atoms with van der Waals surface area (Å²) in [6, 6.07) is 8.92. The number of alkyl halides is 1. The van der Waals surface area contributed by atoms with Gasteiger partial charge >= 0.3 is 5.97 Å². The number of rotatable bonds is 8. The summed E-state index contributed by atoms with van der Waals surface area (Å²) in [4.78, 5) is 18.7. The molecule has 1 aliphatic heterocycles. The van der Waals surface area contributed by atoms with Crippen molar-refractivity contribution in [3.63, 3.8) is 0 Å². The maximum absolute atomic E-state index is 15.4. The summed E-state index contributed by atoms with van der Waals surface area (Å²) < 4.78 is 35.3. The number of piperidine rings is 1. The molecule has 0 radical (unpaired) electrons. The molecule has 8 heteroatoms. The first kappa shape index (κ1) is 25.1. The maximum Gasteiger partial charge on any atom is 0.303 e. The Kier molecular flexibility index (Phi) is 8.32. The normalized spacial score (nSPS) is 19.2. The van der Waals surface area contributed by atoms with Gasteiger partial charge in [0.1, 0.15) is 17.7 Å². The van der Waals surface area contributed by atoms with Gasteiger partial charge in [-0.15, -0.1) is 11.3 Å². The Morgan fingerprint density at radius 2 is 2.23 bits per heavy atom. The molecule has 0 bridgehead atoms. The highest BCUT2D eigenvalue weighted by Gasteiger charge is 2.31. The number of aliphatic carboxylic acids is 1. The van der Waals surface area contributed by atoms with Crippen molar-refractivity contribution in [2.75, 3.05) is 26.7 Å². The van der Waals surface area contributed by atoms with Crippen LogP contribution < -0.4 is 4.74 Å². The number of likely N-dealkylation sites (tertiary alicyclic amines) is 1. The van der Waals surface area contributed by atoms with E-state index in [1.54, 1.807) is 29.5 Å². The number of fused-ring (bicyclic) bond motifs is 1. The number of hydrogen-bond acceptors (Lipinski definition) is 5. The number of hydrogen-bond donors (Lipinski definition) is 1. The second-order valence-electron chi connectivity index (χ2n) is 8.87. The summed E-state index contributed by atoms with van der Waals surface area (Å²) in [6.45, 7) is 1.96. The summed E-state index contributed by atoms with van der Waals surface area (Å²) in [5.74, 6) is 5.23. The molecular formula is C27H28F2N2O3S. The van der Waals surface area contributed by atoms with Gasteiger partial charge in [-0.3, -0.25) is 14.7 Å². The number of thiophene rings is 1. The van der Waals surface area contributed by atoms with Gasteiger partial charge in [-0.05, 0) is 67.3 Å². The zero-order chi connectivity index (χ0) is 24.8. The van der Waals surface area contributed by atoms with Crippen LogP contribution in [0.1, 0.15) is 42.3 Å². The summed E-state index contributed by atoms with van der Waals surface area (Å²) in [5.41, 5.74) is 0.496. The van der Waals surface area contributed by atoms with Crippen LogP contribution in [0, 0.1) is 29.5 Å². The smallest absolute Gasteiger partial charge is 0.303 e. The number of pyridine rings is 1. The van der Waals surface area contributed by atoms with Gasteiger partial charge in [-0.25, -0.2) is 8.78 Å². The van der Waals surface area contributed by atoms with Gasteiger partial charge in [0.05, 0.1) is 30.2 Å². The summed E-state index contributed by atoms with van der Waals surface area (Å²) in [6.07, 6.45) is 0.930. The van der Waals surface area contributed by atoms with Crippen molar-refractivity contribution in [2.24, 2.45) is 11.8 Å². The van der Waals surface area contributed by atoms with Crippen LogP contribution in [0.5, 0.6) is 5.75 Å². The minimum absolute atomic E-state index is 0.00929. The number of halogens is 2. The third kappa shape index (κ3) is 6.36. The van der Waals surface area contributed by atoms with Gasteiger partial charge in [-0.1, -0.05) is 17.9 Å². The molecule has 1 fully saturated rings. The molecule has 3 atom stereocenters. The molecule has 0 spiro atoms. The fourth-order valence-electron chi connectivity index (χ4n) is 4.84. The Morgan fingerprint density at radius 3 is 2.97 bits per heavy atom.